The van der Waals surface area contributed by atoms with Gasteiger partial charge in [-0.15, -0.1) is 0 Å². The minimum atomic E-state index is -0.162. The number of hydrogen-bond donors (Lipinski definition) is 1. The van der Waals surface area contributed by atoms with Crippen LogP contribution in [0.4, 0.5) is 0 Å². The van der Waals surface area contributed by atoms with E-state index in [-0.39, 0.29) is 11.9 Å². The van der Waals surface area contributed by atoms with Crippen molar-refractivity contribution in [3.63, 3.8) is 0 Å². The molecule has 0 saturated carbocycles. The molecule has 1 aliphatic heterocycles. The van der Waals surface area contributed by atoms with Gasteiger partial charge in [-0.1, -0.05) is 42.5 Å². The maximum absolute atomic E-state index is 12.7. The third-order valence-corrected chi connectivity index (χ3v) is 4.80. The zero-order valence-corrected chi connectivity index (χ0v) is 14.7. The number of oxazole rings is 1. The van der Waals surface area contributed by atoms with Gasteiger partial charge in [0, 0.05) is 12.1 Å². The van der Waals surface area contributed by atoms with E-state index in [9.17, 15) is 4.79 Å². The molecule has 2 heterocycles. The summed E-state index contributed by atoms with van der Waals surface area (Å²) in [5.41, 5.74) is 4.19. The molecule has 1 N–H and O–H groups in total. The van der Waals surface area contributed by atoms with Crippen LogP contribution in [0.2, 0.25) is 0 Å². The molecule has 1 atom stereocenters. The normalized spacial score (nSPS) is 16.9. The summed E-state index contributed by atoms with van der Waals surface area (Å²) in [6.45, 7) is 1.15. The molecule has 0 aliphatic carbocycles. The third kappa shape index (κ3) is 3.39. The fraction of sp³-hybridized carbons (Fsp3) is 0.238. The van der Waals surface area contributed by atoms with Crippen LogP contribution in [0.3, 0.4) is 0 Å². The fourth-order valence-electron chi connectivity index (χ4n) is 3.34. The van der Waals surface area contributed by atoms with E-state index in [1.807, 2.05) is 49.5 Å². The molecule has 0 radical (unpaired) electrons. The number of fused-ring (bicyclic) bond motifs is 1. The van der Waals surface area contributed by atoms with Crippen molar-refractivity contribution in [1.29, 1.82) is 0 Å². The first kappa shape index (κ1) is 16.5. The molecule has 0 bridgehead atoms. The van der Waals surface area contributed by atoms with E-state index in [1.54, 1.807) is 6.26 Å². The largest absolute Gasteiger partial charge is 0.444 e. The van der Waals surface area contributed by atoms with Gasteiger partial charge in [-0.2, -0.15) is 0 Å². The number of rotatable bonds is 4. The summed E-state index contributed by atoms with van der Waals surface area (Å²) in [7, 11) is 1.99. The van der Waals surface area contributed by atoms with Crippen LogP contribution >= 0.6 is 0 Å². The number of benzene rings is 2. The highest BCUT2D eigenvalue weighted by atomic mass is 16.3. The predicted octanol–water partition coefficient (Wildman–Crippen LogP) is 3.01. The molecule has 5 heteroatoms. The Morgan fingerprint density at radius 1 is 1.15 bits per heavy atom. The standard InChI is InChI=1S/C21H21N3O2/c1-24-13-17-10-6-5-9-16(17)11-19(24)20(25)22-12-18-14-26-21(23-18)15-7-3-2-4-8-15/h2-10,14,19H,11-13H2,1H3,(H,22,25). The summed E-state index contributed by atoms with van der Waals surface area (Å²) >= 11 is 0. The van der Waals surface area contributed by atoms with Crippen LogP contribution in [0, 0.1) is 0 Å². The minimum Gasteiger partial charge on any atom is -0.444 e. The summed E-state index contributed by atoms with van der Waals surface area (Å²) in [6.07, 6.45) is 2.33. The quantitative estimate of drug-likeness (QED) is 0.788. The Hall–Kier alpha value is -2.92. The second-order valence-corrected chi connectivity index (χ2v) is 6.63. The lowest BCUT2D eigenvalue weighted by molar-refractivity contribution is -0.126. The van der Waals surface area contributed by atoms with Crippen molar-refractivity contribution in [3.05, 3.63) is 77.7 Å². The van der Waals surface area contributed by atoms with Gasteiger partial charge in [-0.3, -0.25) is 9.69 Å². The van der Waals surface area contributed by atoms with Crippen molar-refractivity contribution < 1.29 is 9.21 Å². The lowest BCUT2D eigenvalue weighted by atomic mass is 9.94. The van der Waals surface area contributed by atoms with E-state index >= 15 is 0 Å². The van der Waals surface area contributed by atoms with E-state index < -0.39 is 0 Å². The Bertz CT molecular complexity index is 904. The molecule has 4 rings (SSSR count). The van der Waals surface area contributed by atoms with Crippen LogP contribution in [-0.4, -0.2) is 28.9 Å². The minimum absolute atomic E-state index is 0.0197. The molecule has 0 spiro atoms. The molecule has 2 aromatic carbocycles. The van der Waals surface area contributed by atoms with Gasteiger partial charge in [0.1, 0.15) is 6.26 Å². The van der Waals surface area contributed by atoms with E-state index in [1.165, 1.54) is 11.1 Å². The van der Waals surface area contributed by atoms with Crippen LogP contribution in [0.1, 0.15) is 16.8 Å². The van der Waals surface area contributed by atoms with Gasteiger partial charge in [0.25, 0.3) is 0 Å². The number of likely N-dealkylation sites (N-methyl/N-ethyl adjacent to an activating group) is 1. The van der Waals surface area contributed by atoms with Crippen molar-refractivity contribution in [1.82, 2.24) is 15.2 Å². The van der Waals surface area contributed by atoms with Gasteiger partial charge in [0.05, 0.1) is 18.3 Å². The number of hydrogen-bond acceptors (Lipinski definition) is 4. The van der Waals surface area contributed by atoms with Crippen molar-refractivity contribution in [2.45, 2.75) is 25.6 Å². The monoisotopic (exact) mass is 347 g/mol. The molecule has 5 nitrogen and oxygen atoms in total. The third-order valence-electron chi connectivity index (χ3n) is 4.80. The molecule has 1 aliphatic rings. The van der Waals surface area contributed by atoms with Crippen LogP contribution < -0.4 is 5.32 Å². The zero-order valence-electron chi connectivity index (χ0n) is 14.7. The van der Waals surface area contributed by atoms with Crippen molar-refractivity contribution >= 4 is 5.91 Å². The SMILES string of the molecule is CN1Cc2ccccc2CC1C(=O)NCc1coc(-c2ccccc2)n1. The number of amides is 1. The lowest BCUT2D eigenvalue weighted by Gasteiger charge is -2.32. The first-order valence-corrected chi connectivity index (χ1v) is 8.75. The van der Waals surface area contributed by atoms with Crippen molar-refractivity contribution in [2.24, 2.45) is 0 Å². The van der Waals surface area contributed by atoms with E-state index in [0.717, 1.165) is 24.2 Å². The first-order chi connectivity index (χ1) is 12.7. The number of aromatic nitrogens is 1. The molecular weight excluding hydrogens is 326 g/mol. The summed E-state index contributed by atoms with van der Waals surface area (Å²) in [4.78, 5) is 19.2. The molecule has 1 aromatic heterocycles. The molecular formula is C21H21N3O2. The number of nitrogens with zero attached hydrogens (tertiary/aromatic N) is 2. The average molecular weight is 347 g/mol. The molecule has 3 aromatic rings. The Balaban J connectivity index is 1.39. The highest BCUT2D eigenvalue weighted by Gasteiger charge is 2.28. The van der Waals surface area contributed by atoms with Gasteiger partial charge in [0.15, 0.2) is 0 Å². The summed E-state index contributed by atoms with van der Waals surface area (Å²) in [5.74, 6) is 0.588. The Morgan fingerprint density at radius 2 is 1.88 bits per heavy atom. The predicted molar refractivity (Wildman–Crippen MR) is 99.2 cm³/mol. The molecule has 1 amide bonds. The Morgan fingerprint density at radius 3 is 2.69 bits per heavy atom. The topological polar surface area (TPSA) is 58.4 Å². The fourth-order valence-corrected chi connectivity index (χ4v) is 3.34. The second kappa shape index (κ2) is 7.14. The summed E-state index contributed by atoms with van der Waals surface area (Å²) < 4.78 is 5.52. The second-order valence-electron chi connectivity index (χ2n) is 6.63. The highest BCUT2D eigenvalue weighted by molar-refractivity contribution is 5.82. The Kier molecular flexibility index (Phi) is 4.54. The molecule has 1 unspecified atom stereocenters. The molecule has 0 fully saturated rings. The number of carbonyl (C=O) groups is 1. The van der Waals surface area contributed by atoms with Crippen molar-refractivity contribution in [2.75, 3.05) is 7.05 Å². The maximum Gasteiger partial charge on any atom is 0.238 e. The van der Waals surface area contributed by atoms with Crippen molar-refractivity contribution in [3.8, 4) is 11.5 Å². The summed E-state index contributed by atoms with van der Waals surface area (Å²) in [5, 5.41) is 2.99. The lowest BCUT2D eigenvalue weighted by Crippen LogP contribution is -2.48. The highest BCUT2D eigenvalue weighted by Crippen LogP contribution is 2.22. The molecule has 132 valence electrons. The van der Waals surface area contributed by atoms with Crippen LogP contribution in [0.15, 0.2) is 65.3 Å². The molecule has 26 heavy (non-hydrogen) atoms. The average Bonchev–Trinajstić information content (AvgIpc) is 3.15. The zero-order chi connectivity index (χ0) is 17.9. The van der Waals surface area contributed by atoms with E-state index in [4.69, 9.17) is 4.42 Å². The number of carbonyl (C=O) groups excluding carboxylic acids is 1. The van der Waals surface area contributed by atoms with E-state index in [2.05, 4.69) is 27.3 Å². The molecule has 0 saturated heterocycles. The van der Waals surface area contributed by atoms with Gasteiger partial charge < -0.3 is 9.73 Å². The van der Waals surface area contributed by atoms with Gasteiger partial charge in [0.2, 0.25) is 11.8 Å². The Labute approximate surface area is 152 Å². The van der Waals surface area contributed by atoms with Crippen LogP contribution in [0.5, 0.6) is 0 Å². The van der Waals surface area contributed by atoms with Crippen LogP contribution in [0.25, 0.3) is 11.5 Å². The van der Waals surface area contributed by atoms with Gasteiger partial charge in [-0.25, -0.2) is 4.98 Å². The van der Waals surface area contributed by atoms with Crippen LogP contribution in [-0.2, 0) is 24.3 Å². The number of nitrogens with one attached hydrogen (secondary N) is 1. The maximum atomic E-state index is 12.7. The smallest absolute Gasteiger partial charge is 0.238 e. The van der Waals surface area contributed by atoms with E-state index in [0.29, 0.717) is 12.4 Å². The first-order valence-electron chi connectivity index (χ1n) is 8.75. The summed E-state index contributed by atoms with van der Waals surface area (Å²) in [6, 6.07) is 17.9. The van der Waals surface area contributed by atoms with Gasteiger partial charge >= 0.3 is 0 Å². The van der Waals surface area contributed by atoms with Gasteiger partial charge in [-0.05, 0) is 36.7 Å².